The van der Waals surface area contributed by atoms with Crippen LogP contribution in [0.5, 0.6) is 0 Å². The van der Waals surface area contributed by atoms with Crippen LogP contribution in [0.3, 0.4) is 0 Å². The summed E-state index contributed by atoms with van der Waals surface area (Å²) in [6, 6.07) is 18.8. The van der Waals surface area contributed by atoms with Gasteiger partial charge < -0.3 is 9.73 Å². The zero-order chi connectivity index (χ0) is 15.6. The Morgan fingerprint density at radius 2 is 1.96 bits per heavy atom. The van der Waals surface area contributed by atoms with Gasteiger partial charge >= 0.3 is 0 Å². The van der Waals surface area contributed by atoms with Gasteiger partial charge in [0.15, 0.2) is 5.76 Å². The van der Waals surface area contributed by atoms with Crippen molar-refractivity contribution in [2.75, 3.05) is 5.32 Å². The fourth-order valence-corrected chi connectivity index (χ4v) is 2.53. The number of H-pyrrole nitrogens is 1. The van der Waals surface area contributed by atoms with Crippen molar-refractivity contribution in [2.24, 2.45) is 0 Å². The first kappa shape index (κ1) is 13.3. The molecule has 4 aromatic rings. The van der Waals surface area contributed by atoms with Gasteiger partial charge in [0.05, 0.1) is 17.5 Å². The highest BCUT2D eigenvalue weighted by molar-refractivity contribution is 6.02. The van der Waals surface area contributed by atoms with Crippen molar-refractivity contribution < 1.29 is 9.21 Å². The number of rotatable bonds is 3. The largest absolute Gasteiger partial charge is 0.459 e. The average molecular weight is 303 g/mol. The highest BCUT2D eigenvalue weighted by Gasteiger charge is 2.11. The van der Waals surface area contributed by atoms with E-state index >= 15 is 0 Å². The summed E-state index contributed by atoms with van der Waals surface area (Å²) >= 11 is 0. The van der Waals surface area contributed by atoms with E-state index in [4.69, 9.17) is 4.42 Å². The Morgan fingerprint density at radius 1 is 1.04 bits per heavy atom. The predicted molar refractivity (Wildman–Crippen MR) is 88.2 cm³/mol. The first-order chi connectivity index (χ1) is 11.3. The Labute approximate surface area is 131 Å². The van der Waals surface area contributed by atoms with E-state index < -0.39 is 0 Å². The van der Waals surface area contributed by atoms with E-state index in [0.29, 0.717) is 5.69 Å². The molecule has 5 nitrogen and oxygen atoms in total. The fraction of sp³-hybridized carbons (Fsp3) is 0. The molecule has 2 N–H and O–H groups in total. The molecule has 1 amide bonds. The van der Waals surface area contributed by atoms with Gasteiger partial charge in [-0.2, -0.15) is 5.10 Å². The second-order valence-corrected chi connectivity index (χ2v) is 5.13. The summed E-state index contributed by atoms with van der Waals surface area (Å²) in [4.78, 5) is 12.1. The highest BCUT2D eigenvalue weighted by atomic mass is 16.3. The lowest BCUT2D eigenvalue weighted by atomic mass is 10.1. The number of aromatic nitrogens is 2. The van der Waals surface area contributed by atoms with Crippen LogP contribution in [-0.4, -0.2) is 16.1 Å². The van der Waals surface area contributed by atoms with Crippen molar-refractivity contribution >= 4 is 22.5 Å². The number of carbonyl (C=O) groups is 1. The third-order valence-corrected chi connectivity index (χ3v) is 3.61. The van der Waals surface area contributed by atoms with E-state index in [9.17, 15) is 4.79 Å². The van der Waals surface area contributed by atoms with Crippen molar-refractivity contribution in [1.29, 1.82) is 0 Å². The number of anilines is 1. The van der Waals surface area contributed by atoms with E-state index in [1.54, 1.807) is 12.1 Å². The quantitative estimate of drug-likeness (QED) is 0.599. The maximum atomic E-state index is 12.1. The molecule has 0 saturated carbocycles. The monoisotopic (exact) mass is 303 g/mol. The second kappa shape index (κ2) is 5.46. The SMILES string of the molecule is O=C(Nc1cccc(-c2n[nH]c3ccccc23)c1)c1ccco1. The first-order valence-electron chi connectivity index (χ1n) is 7.20. The number of carbonyl (C=O) groups excluding carboxylic acids is 1. The number of furan rings is 1. The average Bonchev–Trinajstić information content (AvgIpc) is 3.25. The molecule has 4 rings (SSSR count). The molecule has 0 radical (unpaired) electrons. The summed E-state index contributed by atoms with van der Waals surface area (Å²) in [5.41, 5.74) is 3.46. The number of benzene rings is 2. The predicted octanol–water partition coefficient (Wildman–Crippen LogP) is 4.08. The molecular formula is C18H13N3O2. The normalized spacial score (nSPS) is 10.8. The van der Waals surface area contributed by atoms with E-state index in [0.717, 1.165) is 22.2 Å². The molecule has 23 heavy (non-hydrogen) atoms. The molecule has 0 unspecified atom stereocenters. The van der Waals surface area contributed by atoms with Crippen LogP contribution in [-0.2, 0) is 0 Å². The molecule has 0 atom stereocenters. The molecule has 2 aromatic heterocycles. The van der Waals surface area contributed by atoms with Crippen LogP contribution in [0.1, 0.15) is 10.6 Å². The molecule has 5 heteroatoms. The molecule has 2 aromatic carbocycles. The van der Waals surface area contributed by atoms with Gasteiger partial charge in [0, 0.05) is 16.6 Å². The summed E-state index contributed by atoms with van der Waals surface area (Å²) in [5.74, 6) is -0.000317. The lowest BCUT2D eigenvalue weighted by molar-refractivity contribution is 0.0996. The standard InChI is InChI=1S/C18H13N3O2/c22-18(16-9-4-10-23-16)19-13-6-3-5-12(11-13)17-14-7-1-2-8-15(14)20-21-17/h1-11H,(H,19,22)(H,20,21). The van der Waals surface area contributed by atoms with Crippen LogP contribution < -0.4 is 5.32 Å². The van der Waals surface area contributed by atoms with E-state index in [2.05, 4.69) is 15.5 Å². The topological polar surface area (TPSA) is 70.9 Å². The van der Waals surface area contributed by atoms with Crippen molar-refractivity contribution in [3.05, 3.63) is 72.7 Å². The lowest BCUT2D eigenvalue weighted by Crippen LogP contribution is -2.10. The van der Waals surface area contributed by atoms with E-state index in [1.165, 1.54) is 6.26 Å². The zero-order valence-corrected chi connectivity index (χ0v) is 12.1. The molecular weight excluding hydrogens is 290 g/mol. The molecule has 2 heterocycles. The molecule has 0 aliphatic rings. The maximum Gasteiger partial charge on any atom is 0.291 e. The van der Waals surface area contributed by atoms with Gasteiger partial charge in [0.1, 0.15) is 0 Å². The van der Waals surface area contributed by atoms with Gasteiger partial charge in [-0.05, 0) is 30.3 Å². The van der Waals surface area contributed by atoms with Crippen molar-refractivity contribution in [1.82, 2.24) is 10.2 Å². The van der Waals surface area contributed by atoms with Crippen molar-refractivity contribution in [3.8, 4) is 11.3 Å². The number of nitrogens with one attached hydrogen (secondary N) is 2. The minimum absolute atomic E-state index is 0.278. The first-order valence-corrected chi connectivity index (χ1v) is 7.20. The summed E-state index contributed by atoms with van der Waals surface area (Å²) in [6.07, 6.45) is 1.47. The third kappa shape index (κ3) is 2.48. The smallest absolute Gasteiger partial charge is 0.291 e. The molecule has 0 saturated heterocycles. The number of hydrogen-bond donors (Lipinski definition) is 2. The number of para-hydroxylation sites is 1. The minimum Gasteiger partial charge on any atom is -0.459 e. The molecule has 0 aliphatic heterocycles. The summed E-state index contributed by atoms with van der Waals surface area (Å²) in [7, 11) is 0. The maximum absolute atomic E-state index is 12.1. The number of amides is 1. The second-order valence-electron chi connectivity index (χ2n) is 5.13. The molecule has 0 aliphatic carbocycles. The summed E-state index contributed by atoms with van der Waals surface area (Å²) in [5, 5.41) is 11.3. The van der Waals surface area contributed by atoms with Crippen molar-refractivity contribution in [3.63, 3.8) is 0 Å². The van der Waals surface area contributed by atoms with Crippen LogP contribution in [0.2, 0.25) is 0 Å². The third-order valence-electron chi connectivity index (χ3n) is 3.61. The number of fused-ring (bicyclic) bond motifs is 1. The lowest BCUT2D eigenvalue weighted by Gasteiger charge is -2.05. The van der Waals surface area contributed by atoms with Gasteiger partial charge in [-0.3, -0.25) is 9.89 Å². The van der Waals surface area contributed by atoms with Crippen LogP contribution in [0.4, 0.5) is 5.69 Å². The Bertz CT molecular complexity index is 971. The highest BCUT2D eigenvalue weighted by Crippen LogP contribution is 2.27. The summed E-state index contributed by atoms with van der Waals surface area (Å²) < 4.78 is 5.10. The van der Waals surface area contributed by atoms with Crippen LogP contribution in [0, 0.1) is 0 Å². The Morgan fingerprint density at radius 3 is 2.83 bits per heavy atom. The van der Waals surface area contributed by atoms with Gasteiger partial charge in [0.2, 0.25) is 0 Å². The summed E-state index contributed by atoms with van der Waals surface area (Å²) in [6.45, 7) is 0. The van der Waals surface area contributed by atoms with E-state index in [1.807, 2.05) is 48.5 Å². The van der Waals surface area contributed by atoms with Crippen LogP contribution in [0.25, 0.3) is 22.2 Å². The number of hydrogen-bond acceptors (Lipinski definition) is 3. The Balaban J connectivity index is 1.67. The Kier molecular flexibility index (Phi) is 3.16. The zero-order valence-electron chi connectivity index (χ0n) is 12.1. The number of nitrogens with zero attached hydrogens (tertiary/aromatic N) is 1. The van der Waals surface area contributed by atoms with Gasteiger partial charge in [-0.25, -0.2) is 0 Å². The molecule has 112 valence electrons. The number of aromatic amines is 1. The van der Waals surface area contributed by atoms with Crippen LogP contribution in [0.15, 0.2) is 71.3 Å². The van der Waals surface area contributed by atoms with Crippen LogP contribution >= 0.6 is 0 Å². The van der Waals surface area contributed by atoms with E-state index in [-0.39, 0.29) is 11.7 Å². The Hall–Kier alpha value is -3.34. The fourth-order valence-electron chi connectivity index (χ4n) is 2.53. The van der Waals surface area contributed by atoms with Crippen molar-refractivity contribution in [2.45, 2.75) is 0 Å². The minimum atomic E-state index is -0.279. The van der Waals surface area contributed by atoms with Gasteiger partial charge in [-0.15, -0.1) is 0 Å². The van der Waals surface area contributed by atoms with Gasteiger partial charge in [-0.1, -0.05) is 30.3 Å². The molecule has 0 spiro atoms. The molecule has 0 fully saturated rings. The van der Waals surface area contributed by atoms with Gasteiger partial charge in [0.25, 0.3) is 5.91 Å². The molecule has 0 bridgehead atoms.